The first-order chi connectivity index (χ1) is 18.6. The number of nitrogens with zero attached hydrogens (tertiary/aromatic N) is 3. The van der Waals surface area contributed by atoms with Crippen LogP contribution in [0.1, 0.15) is 47.2 Å². The fourth-order valence-corrected chi connectivity index (χ4v) is 4.96. The third-order valence-corrected chi connectivity index (χ3v) is 7.14. The summed E-state index contributed by atoms with van der Waals surface area (Å²) in [7, 11) is 3.75. The zero-order valence-electron chi connectivity index (χ0n) is 23.6. The van der Waals surface area contributed by atoms with Crippen molar-refractivity contribution < 1.29 is 9.26 Å². The Morgan fingerprint density at radius 1 is 0.975 bits per heavy atom. The Hall–Kier alpha value is -3.08. The number of nitriles is 1. The van der Waals surface area contributed by atoms with Crippen LogP contribution in [0.25, 0.3) is 11.0 Å². The minimum absolute atomic E-state index is 0. The minimum atomic E-state index is 0. The van der Waals surface area contributed by atoms with Gasteiger partial charge < -0.3 is 14.6 Å². The molecule has 0 radical (unpaired) electrons. The molecule has 6 nitrogen and oxygen atoms in total. The van der Waals surface area contributed by atoms with Crippen molar-refractivity contribution in [2.75, 3.05) is 27.2 Å². The second kappa shape index (κ2) is 16.9. The van der Waals surface area contributed by atoms with Crippen LogP contribution in [0.15, 0.2) is 71.3 Å². The molecule has 0 amide bonds. The van der Waals surface area contributed by atoms with E-state index in [4.69, 9.17) is 14.5 Å². The van der Waals surface area contributed by atoms with Crippen LogP contribution in [-0.4, -0.2) is 37.2 Å². The average Bonchev–Trinajstić information content (AvgIpc) is 3.37. The van der Waals surface area contributed by atoms with Gasteiger partial charge in [0.1, 0.15) is 12.4 Å². The van der Waals surface area contributed by atoms with Gasteiger partial charge in [0.25, 0.3) is 0 Å². The number of rotatable bonds is 8. The van der Waals surface area contributed by atoms with Crippen LogP contribution in [0.5, 0.6) is 5.75 Å². The number of likely N-dealkylation sites (tertiary alicyclic amines) is 1. The predicted octanol–water partition coefficient (Wildman–Crippen LogP) is 7.11. The number of halogens is 2. The number of aromatic nitrogens is 1. The van der Waals surface area contributed by atoms with Gasteiger partial charge in [0.05, 0.1) is 17.3 Å². The van der Waals surface area contributed by atoms with E-state index in [-0.39, 0.29) is 24.8 Å². The van der Waals surface area contributed by atoms with Gasteiger partial charge in [0.15, 0.2) is 5.58 Å². The molecule has 0 saturated carbocycles. The molecule has 1 fully saturated rings. The van der Waals surface area contributed by atoms with Crippen LogP contribution >= 0.6 is 24.8 Å². The predicted molar refractivity (Wildman–Crippen MR) is 166 cm³/mol. The fourth-order valence-electron chi connectivity index (χ4n) is 4.96. The maximum atomic E-state index is 8.95. The molecule has 0 aliphatic carbocycles. The Morgan fingerprint density at radius 2 is 1.65 bits per heavy atom. The zero-order chi connectivity index (χ0) is 26.7. The minimum Gasteiger partial charge on any atom is -0.488 e. The van der Waals surface area contributed by atoms with Crippen molar-refractivity contribution in [1.29, 1.82) is 5.26 Å². The molecule has 8 heteroatoms. The van der Waals surface area contributed by atoms with Crippen molar-refractivity contribution in [3.05, 3.63) is 94.7 Å². The summed E-state index contributed by atoms with van der Waals surface area (Å²) in [4.78, 5) is 2.57. The topological polar surface area (TPSA) is 74.3 Å². The number of ether oxygens (including phenoxy) is 1. The summed E-state index contributed by atoms with van der Waals surface area (Å²) in [6.45, 7) is 5.85. The van der Waals surface area contributed by atoms with Gasteiger partial charge in [-0.3, -0.25) is 4.90 Å². The van der Waals surface area contributed by atoms with E-state index in [1.165, 1.54) is 18.4 Å². The Morgan fingerprint density at radius 3 is 2.30 bits per heavy atom. The fraction of sp³-hybridized carbons (Fsp3) is 0.375. The third kappa shape index (κ3) is 8.97. The molecule has 40 heavy (non-hydrogen) atoms. The van der Waals surface area contributed by atoms with Crippen LogP contribution in [0.4, 0.5) is 0 Å². The number of hydrogen-bond donors (Lipinski definition) is 1. The Labute approximate surface area is 250 Å². The third-order valence-electron chi connectivity index (χ3n) is 7.14. The van der Waals surface area contributed by atoms with Crippen molar-refractivity contribution in [2.45, 2.75) is 45.8 Å². The molecule has 214 valence electrons. The van der Waals surface area contributed by atoms with Crippen molar-refractivity contribution in [1.82, 2.24) is 15.4 Å². The summed E-state index contributed by atoms with van der Waals surface area (Å²) >= 11 is 0. The van der Waals surface area contributed by atoms with Gasteiger partial charge in [0.2, 0.25) is 0 Å². The lowest BCUT2D eigenvalue weighted by atomic mass is 9.91. The molecule has 0 bridgehead atoms. The summed E-state index contributed by atoms with van der Waals surface area (Å²) in [5.74, 6) is 1.54. The van der Waals surface area contributed by atoms with E-state index in [2.05, 4.69) is 57.8 Å². The Kier molecular flexibility index (Phi) is 14.0. The molecule has 1 saturated heterocycles. The number of fused-ring (bicyclic) bond motifs is 1. The van der Waals surface area contributed by atoms with Gasteiger partial charge in [-0.2, -0.15) is 5.26 Å². The lowest BCUT2D eigenvalue weighted by Crippen LogP contribution is -2.33. The molecule has 5 rings (SSSR count). The lowest BCUT2D eigenvalue weighted by Gasteiger charge is -2.31. The molecule has 3 aromatic carbocycles. The molecule has 0 atom stereocenters. The quantitative estimate of drug-likeness (QED) is 0.238. The molecule has 4 aromatic rings. The molecule has 0 unspecified atom stereocenters. The standard InChI is InChI=1S/C30H31N3O2.C2H7N.2ClH/c1-22-29(34-21-26-9-7-24(19-31)8-10-26)14-12-27-28(32-35-30(22)27)13-11-23-15-17-33(18-16-23)20-25-5-3-2-4-6-25;1-3-2;;/h2-10,12,14,23H,11,13,15-18,20-21H2,1H3;3H,1-2H3;2*1H. The van der Waals surface area contributed by atoms with E-state index in [9.17, 15) is 0 Å². The molecule has 1 aliphatic heterocycles. The number of nitrogens with one attached hydrogen (secondary N) is 1. The highest BCUT2D eigenvalue weighted by Crippen LogP contribution is 2.32. The van der Waals surface area contributed by atoms with Crippen LogP contribution < -0.4 is 10.1 Å². The number of aryl methyl sites for hydroxylation is 2. The van der Waals surface area contributed by atoms with Gasteiger partial charge in [-0.05, 0) is 101 Å². The van der Waals surface area contributed by atoms with Gasteiger partial charge in [-0.1, -0.05) is 47.6 Å². The summed E-state index contributed by atoms with van der Waals surface area (Å²) in [5.41, 5.74) is 5.91. The molecule has 2 heterocycles. The first-order valence-electron chi connectivity index (χ1n) is 13.5. The molecular formula is C32H40Cl2N4O2. The van der Waals surface area contributed by atoms with Crippen LogP contribution in [-0.2, 0) is 19.6 Å². The molecule has 1 N–H and O–H groups in total. The van der Waals surface area contributed by atoms with E-state index in [0.717, 1.165) is 71.9 Å². The second-order valence-electron chi connectivity index (χ2n) is 10.0. The van der Waals surface area contributed by atoms with Gasteiger partial charge in [-0.25, -0.2) is 0 Å². The van der Waals surface area contributed by atoms with Crippen molar-refractivity contribution >= 4 is 35.8 Å². The van der Waals surface area contributed by atoms with E-state index >= 15 is 0 Å². The Bertz CT molecular complexity index is 1330. The van der Waals surface area contributed by atoms with Crippen molar-refractivity contribution in [2.24, 2.45) is 5.92 Å². The second-order valence-corrected chi connectivity index (χ2v) is 10.0. The zero-order valence-corrected chi connectivity index (χ0v) is 25.2. The summed E-state index contributed by atoms with van der Waals surface area (Å²) in [6, 6.07) is 24.4. The number of hydrogen-bond acceptors (Lipinski definition) is 6. The van der Waals surface area contributed by atoms with E-state index in [1.807, 2.05) is 51.4 Å². The summed E-state index contributed by atoms with van der Waals surface area (Å²) < 4.78 is 11.8. The molecular weight excluding hydrogens is 543 g/mol. The van der Waals surface area contributed by atoms with Gasteiger partial charge >= 0.3 is 0 Å². The lowest BCUT2D eigenvalue weighted by molar-refractivity contribution is 0.172. The maximum absolute atomic E-state index is 8.95. The number of piperidine rings is 1. The van der Waals surface area contributed by atoms with Gasteiger partial charge in [0, 0.05) is 17.5 Å². The highest BCUT2D eigenvalue weighted by atomic mass is 35.5. The first-order valence-corrected chi connectivity index (χ1v) is 13.5. The highest BCUT2D eigenvalue weighted by Gasteiger charge is 2.21. The molecule has 1 aromatic heterocycles. The molecule has 1 aliphatic rings. The van der Waals surface area contributed by atoms with E-state index < -0.39 is 0 Å². The van der Waals surface area contributed by atoms with E-state index in [1.54, 1.807) is 0 Å². The average molecular weight is 584 g/mol. The highest BCUT2D eigenvalue weighted by molar-refractivity contribution is 5.86. The van der Waals surface area contributed by atoms with Gasteiger partial charge in [-0.15, -0.1) is 24.8 Å². The molecule has 0 spiro atoms. The SMILES string of the molecule is CNC.Cc1c(OCc2ccc(C#N)cc2)ccc2c(CCC3CCN(Cc4ccccc4)CC3)noc12.Cl.Cl. The normalized spacial score (nSPS) is 13.3. The number of benzene rings is 3. The van der Waals surface area contributed by atoms with Crippen molar-refractivity contribution in [3.63, 3.8) is 0 Å². The van der Waals surface area contributed by atoms with Crippen LogP contribution in [0.2, 0.25) is 0 Å². The summed E-state index contributed by atoms with van der Waals surface area (Å²) in [5, 5.41) is 17.2. The Balaban J connectivity index is 0.00000107. The van der Waals surface area contributed by atoms with Crippen LogP contribution in [0.3, 0.4) is 0 Å². The first kappa shape index (κ1) is 33.1. The summed E-state index contributed by atoms with van der Waals surface area (Å²) in [6.07, 6.45) is 4.59. The monoisotopic (exact) mass is 582 g/mol. The van der Waals surface area contributed by atoms with Crippen molar-refractivity contribution in [3.8, 4) is 11.8 Å². The van der Waals surface area contributed by atoms with E-state index in [0.29, 0.717) is 12.2 Å². The smallest absolute Gasteiger partial charge is 0.173 e. The largest absolute Gasteiger partial charge is 0.488 e. The maximum Gasteiger partial charge on any atom is 0.173 e. The van der Waals surface area contributed by atoms with Crippen LogP contribution in [0, 0.1) is 24.2 Å².